The van der Waals surface area contributed by atoms with Gasteiger partial charge in [-0.05, 0) is 47.9 Å². The summed E-state index contributed by atoms with van der Waals surface area (Å²) in [6.45, 7) is 3.14. The van der Waals surface area contributed by atoms with Crippen molar-refractivity contribution < 1.29 is 14.3 Å². The lowest BCUT2D eigenvalue weighted by Gasteiger charge is -2.36. The normalized spacial score (nSPS) is 13.7. The van der Waals surface area contributed by atoms with Gasteiger partial charge in [0.15, 0.2) is 0 Å². The van der Waals surface area contributed by atoms with E-state index in [4.69, 9.17) is 21.1 Å². The highest BCUT2D eigenvalue weighted by Crippen LogP contribution is 2.28. The molecule has 0 radical (unpaired) electrons. The molecule has 0 unspecified atom stereocenters. The van der Waals surface area contributed by atoms with Crippen molar-refractivity contribution in [2.24, 2.45) is 0 Å². The van der Waals surface area contributed by atoms with Crippen LogP contribution in [-0.4, -0.2) is 44.1 Å². The van der Waals surface area contributed by atoms with E-state index < -0.39 is 0 Å². The van der Waals surface area contributed by atoms with Crippen LogP contribution in [0.25, 0.3) is 10.8 Å². The van der Waals surface area contributed by atoms with E-state index in [0.29, 0.717) is 31.0 Å². The fourth-order valence-electron chi connectivity index (χ4n) is 4.52. The highest BCUT2D eigenvalue weighted by atomic mass is 35.5. The summed E-state index contributed by atoms with van der Waals surface area (Å²) < 4.78 is 11.7. The molecular weight excluding hydrogens is 460 g/mol. The molecule has 1 amide bonds. The molecule has 0 saturated carbocycles. The van der Waals surface area contributed by atoms with E-state index in [0.717, 1.165) is 45.9 Å². The first-order valence-corrected chi connectivity index (χ1v) is 12.1. The molecule has 5 nitrogen and oxygen atoms in total. The number of carbonyl (C=O) groups excluding carboxylic acids is 1. The SMILES string of the molecule is COc1ccc(C(=O)N2CCN(c3cccc(Cl)c3)CC2)cc1COc1cccc2ccccc12. The lowest BCUT2D eigenvalue weighted by atomic mass is 10.1. The third-order valence-corrected chi connectivity index (χ3v) is 6.64. The van der Waals surface area contributed by atoms with Gasteiger partial charge >= 0.3 is 0 Å². The van der Waals surface area contributed by atoms with Crippen LogP contribution in [0.1, 0.15) is 15.9 Å². The maximum atomic E-state index is 13.3. The van der Waals surface area contributed by atoms with E-state index in [1.807, 2.05) is 71.6 Å². The number of hydrogen-bond donors (Lipinski definition) is 0. The third-order valence-electron chi connectivity index (χ3n) is 6.40. The zero-order chi connectivity index (χ0) is 24.2. The quantitative estimate of drug-likeness (QED) is 0.333. The minimum Gasteiger partial charge on any atom is -0.496 e. The van der Waals surface area contributed by atoms with Gasteiger partial charge in [0.25, 0.3) is 5.91 Å². The summed E-state index contributed by atoms with van der Waals surface area (Å²) in [6.07, 6.45) is 0. The van der Waals surface area contributed by atoms with Crippen LogP contribution in [0, 0.1) is 0 Å². The van der Waals surface area contributed by atoms with E-state index in [-0.39, 0.29) is 5.91 Å². The van der Waals surface area contributed by atoms with Crippen LogP contribution in [0.4, 0.5) is 5.69 Å². The Bertz CT molecular complexity index is 1340. The minimum atomic E-state index is 0.0183. The molecule has 0 spiro atoms. The van der Waals surface area contributed by atoms with Crippen LogP contribution in [0.2, 0.25) is 5.02 Å². The topological polar surface area (TPSA) is 42.0 Å². The number of carbonyl (C=O) groups is 1. The molecule has 0 aromatic heterocycles. The molecule has 1 saturated heterocycles. The number of hydrogen-bond acceptors (Lipinski definition) is 4. The van der Waals surface area contributed by atoms with Gasteiger partial charge in [0, 0.05) is 53.4 Å². The molecule has 6 heteroatoms. The lowest BCUT2D eigenvalue weighted by Crippen LogP contribution is -2.48. The summed E-state index contributed by atoms with van der Waals surface area (Å²) in [5, 5.41) is 2.90. The van der Waals surface area contributed by atoms with Gasteiger partial charge in [-0.1, -0.05) is 54.1 Å². The van der Waals surface area contributed by atoms with Crippen molar-refractivity contribution in [3.8, 4) is 11.5 Å². The Morgan fingerprint density at radius 3 is 2.43 bits per heavy atom. The molecule has 4 aromatic rings. The maximum Gasteiger partial charge on any atom is 0.253 e. The van der Waals surface area contributed by atoms with Crippen molar-refractivity contribution in [2.45, 2.75) is 6.61 Å². The first-order valence-electron chi connectivity index (χ1n) is 11.7. The fourth-order valence-corrected chi connectivity index (χ4v) is 4.71. The molecule has 0 bridgehead atoms. The first kappa shape index (κ1) is 23.1. The van der Waals surface area contributed by atoms with Crippen LogP contribution in [-0.2, 0) is 6.61 Å². The second-order valence-corrected chi connectivity index (χ2v) is 8.99. The minimum absolute atomic E-state index is 0.0183. The number of amides is 1. The Morgan fingerprint density at radius 1 is 0.857 bits per heavy atom. The van der Waals surface area contributed by atoms with Gasteiger partial charge in [-0.3, -0.25) is 4.79 Å². The number of piperazine rings is 1. The van der Waals surface area contributed by atoms with Gasteiger partial charge in [0.1, 0.15) is 18.1 Å². The van der Waals surface area contributed by atoms with Gasteiger partial charge in [0.05, 0.1) is 7.11 Å². The van der Waals surface area contributed by atoms with Gasteiger partial charge in [-0.2, -0.15) is 0 Å². The van der Waals surface area contributed by atoms with Gasteiger partial charge in [-0.15, -0.1) is 0 Å². The fraction of sp³-hybridized carbons (Fsp3) is 0.207. The number of ether oxygens (including phenoxy) is 2. The number of rotatable bonds is 6. The average Bonchev–Trinajstić information content (AvgIpc) is 2.91. The zero-order valence-electron chi connectivity index (χ0n) is 19.6. The average molecular weight is 487 g/mol. The van der Waals surface area contributed by atoms with Crippen LogP contribution >= 0.6 is 11.6 Å². The predicted molar refractivity (Wildman–Crippen MR) is 141 cm³/mol. The number of anilines is 1. The Balaban J connectivity index is 1.29. The van der Waals surface area contributed by atoms with Gasteiger partial charge < -0.3 is 19.3 Å². The molecule has 5 rings (SSSR count). The molecule has 0 N–H and O–H groups in total. The van der Waals surface area contributed by atoms with Gasteiger partial charge in [-0.25, -0.2) is 0 Å². The van der Waals surface area contributed by atoms with E-state index in [2.05, 4.69) is 23.1 Å². The van der Waals surface area contributed by atoms with Crippen LogP contribution in [0.5, 0.6) is 11.5 Å². The zero-order valence-corrected chi connectivity index (χ0v) is 20.4. The molecule has 1 aliphatic heterocycles. The molecule has 1 fully saturated rings. The number of methoxy groups -OCH3 is 1. The molecule has 1 heterocycles. The molecular formula is C29H27ClN2O3. The van der Waals surface area contributed by atoms with Crippen LogP contribution < -0.4 is 14.4 Å². The largest absolute Gasteiger partial charge is 0.496 e. The first-order chi connectivity index (χ1) is 17.1. The Hall–Kier alpha value is -3.70. The van der Waals surface area contributed by atoms with Crippen molar-refractivity contribution in [3.05, 3.63) is 101 Å². The second kappa shape index (κ2) is 10.3. The van der Waals surface area contributed by atoms with Crippen LogP contribution in [0.3, 0.4) is 0 Å². The molecule has 35 heavy (non-hydrogen) atoms. The monoisotopic (exact) mass is 486 g/mol. The summed E-state index contributed by atoms with van der Waals surface area (Å²) in [5.74, 6) is 1.52. The number of benzene rings is 4. The van der Waals surface area contributed by atoms with E-state index in [9.17, 15) is 4.79 Å². The maximum absolute atomic E-state index is 13.3. The number of nitrogens with zero attached hydrogens (tertiary/aromatic N) is 2. The number of fused-ring (bicyclic) bond motifs is 1. The Morgan fingerprint density at radius 2 is 1.63 bits per heavy atom. The summed E-state index contributed by atoms with van der Waals surface area (Å²) >= 11 is 6.14. The van der Waals surface area contributed by atoms with E-state index in [1.165, 1.54) is 0 Å². The molecule has 178 valence electrons. The van der Waals surface area contributed by atoms with Gasteiger partial charge in [0.2, 0.25) is 0 Å². The molecule has 1 aliphatic rings. The Kier molecular flexibility index (Phi) is 6.77. The van der Waals surface area contributed by atoms with E-state index in [1.54, 1.807) is 7.11 Å². The molecule has 0 atom stereocenters. The predicted octanol–water partition coefficient (Wildman–Crippen LogP) is 6.04. The van der Waals surface area contributed by atoms with Crippen molar-refractivity contribution in [1.29, 1.82) is 0 Å². The Labute approximate surface area is 210 Å². The summed E-state index contributed by atoms with van der Waals surface area (Å²) in [7, 11) is 1.63. The van der Waals surface area contributed by atoms with Crippen LogP contribution in [0.15, 0.2) is 84.9 Å². The summed E-state index contributed by atoms with van der Waals surface area (Å²) in [6, 6.07) is 27.5. The van der Waals surface area contributed by atoms with E-state index >= 15 is 0 Å². The van der Waals surface area contributed by atoms with Crippen molar-refractivity contribution in [3.63, 3.8) is 0 Å². The summed E-state index contributed by atoms with van der Waals surface area (Å²) in [4.78, 5) is 17.5. The van der Waals surface area contributed by atoms with Crippen molar-refractivity contribution in [2.75, 3.05) is 38.2 Å². The number of halogens is 1. The molecule has 4 aromatic carbocycles. The standard InChI is InChI=1S/C29H27ClN2O3/c1-34-27-13-12-22(18-23(27)20-35-28-11-4-7-21-6-2-3-10-26(21)28)29(33)32-16-14-31(15-17-32)25-9-5-8-24(30)19-25/h2-13,18-19H,14-17,20H2,1H3. The molecule has 0 aliphatic carbocycles. The third kappa shape index (κ3) is 5.05. The van der Waals surface area contributed by atoms with Crippen molar-refractivity contribution in [1.82, 2.24) is 4.90 Å². The smallest absolute Gasteiger partial charge is 0.253 e. The highest BCUT2D eigenvalue weighted by molar-refractivity contribution is 6.30. The second-order valence-electron chi connectivity index (χ2n) is 8.55. The van der Waals surface area contributed by atoms with Crippen molar-refractivity contribution >= 4 is 34.0 Å². The highest BCUT2D eigenvalue weighted by Gasteiger charge is 2.23. The summed E-state index contributed by atoms with van der Waals surface area (Å²) in [5.41, 5.74) is 2.56. The lowest BCUT2D eigenvalue weighted by molar-refractivity contribution is 0.0746.